The molecule has 0 radical (unpaired) electrons. The zero-order valence-corrected chi connectivity index (χ0v) is 18.0. The van der Waals surface area contributed by atoms with E-state index in [1.165, 1.54) is 18.2 Å². The fraction of sp³-hybridized carbons (Fsp3) is 0.364. The van der Waals surface area contributed by atoms with Crippen LogP contribution in [0.3, 0.4) is 0 Å². The zero-order chi connectivity index (χ0) is 22.1. The normalized spacial score (nSPS) is 18.7. The number of carbonyl (C=O) groups excluding carboxylic acids is 2. The number of benzene rings is 1. The van der Waals surface area contributed by atoms with Gasteiger partial charge in [0.1, 0.15) is 5.82 Å². The largest absolute Gasteiger partial charge is 0.348 e. The van der Waals surface area contributed by atoms with Gasteiger partial charge >= 0.3 is 0 Å². The van der Waals surface area contributed by atoms with E-state index < -0.39 is 5.82 Å². The second-order valence-corrected chi connectivity index (χ2v) is 8.38. The number of hydrogen-bond donors (Lipinski definition) is 2. The quantitative estimate of drug-likeness (QED) is 0.636. The van der Waals surface area contributed by atoms with Crippen molar-refractivity contribution in [1.82, 2.24) is 19.9 Å². The maximum Gasteiger partial charge on any atom is 0.272 e. The molecule has 1 fully saturated rings. The van der Waals surface area contributed by atoms with Crippen molar-refractivity contribution in [2.75, 3.05) is 5.32 Å². The van der Waals surface area contributed by atoms with Gasteiger partial charge in [0.2, 0.25) is 5.91 Å². The molecule has 2 amide bonds. The van der Waals surface area contributed by atoms with Crippen molar-refractivity contribution in [3.8, 4) is 0 Å². The minimum atomic E-state index is -0.453. The maximum atomic E-state index is 13.2. The number of halogens is 2. The fourth-order valence-corrected chi connectivity index (χ4v) is 4.20. The molecule has 3 aromatic rings. The van der Waals surface area contributed by atoms with Crippen LogP contribution in [0.25, 0.3) is 5.65 Å². The Bertz CT molecular complexity index is 1150. The number of aromatic nitrogens is 3. The predicted molar refractivity (Wildman–Crippen MR) is 116 cm³/mol. The molecule has 162 valence electrons. The highest BCUT2D eigenvalue weighted by atomic mass is 35.5. The van der Waals surface area contributed by atoms with Gasteiger partial charge in [-0.15, -0.1) is 0 Å². The average Bonchev–Trinajstić information content (AvgIpc) is 3.15. The highest BCUT2D eigenvalue weighted by Gasteiger charge is 2.28. The van der Waals surface area contributed by atoms with E-state index in [1.54, 1.807) is 10.6 Å². The van der Waals surface area contributed by atoms with Crippen molar-refractivity contribution in [1.29, 1.82) is 0 Å². The van der Waals surface area contributed by atoms with Crippen molar-refractivity contribution in [2.24, 2.45) is 5.92 Å². The van der Waals surface area contributed by atoms with Gasteiger partial charge in [-0.25, -0.2) is 13.9 Å². The molecule has 0 bridgehead atoms. The van der Waals surface area contributed by atoms with E-state index in [-0.39, 0.29) is 28.8 Å². The summed E-state index contributed by atoms with van der Waals surface area (Å²) < 4.78 is 14.8. The van der Waals surface area contributed by atoms with E-state index in [0.29, 0.717) is 42.7 Å². The van der Waals surface area contributed by atoms with Gasteiger partial charge in [0, 0.05) is 29.4 Å². The highest BCUT2D eigenvalue weighted by molar-refractivity contribution is 6.33. The Balaban J connectivity index is 1.33. The number of nitrogens with one attached hydrogen (secondary N) is 2. The lowest BCUT2D eigenvalue weighted by Crippen LogP contribution is -2.39. The zero-order valence-electron chi connectivity index (χ0n) is 17.3. The molecule has 2 heterocycles. The van der Waals surface area contributed by atoms with Crippen LogP contribution in [-0.2, 0) is 4.79 Å². The molecule has 0 saturated heterocycles. The molecular formula is C22H23ClFN5O2. The standard InChI is InChI=1S/C22H23ClFN5O2/c1-12-9-13(2)29-20(25-12)11-19(28-29)22(31)26-16-6-3-14(4-7-16)21(30)27-18-8-5-15(24)10-17(18)23/h5,8-11,14,16H,3-4,6-7H2,1-2H3,(H,26,31)(H,27,30)/t14-,16-. The summed E-state index contributed by atoms with van der Waals surface area (Å²) in [4.78, 5) is 29.6. The first kappa shape index (κ1) is 21.2. The molecule has 0 spiro atoms. The van der Waals surface area contributed by atoms with Crippen LogP contribution in [-0.4, -0.2) is 32.5 Å². The SMILES string of the molecule is Cc1cc(C)n2nc(C(=O)N[C@H]3CC[C@H](C(=O)Nc4ccc(F)cc4Cl)CC3)cc2n1. The fourth-order valence-electron chi connectivity index (χ4n) is 3.98. The van der Waals surface area contributed by atoms with E-state index in [9.17, 15) is 14.0 Å². The summed E-state index contributed by atoms with van der Waals surface area (Å²) in [5.74, 6) is -1.02. The van der Waals surface area contributed by atoms with E-state index in [0.717, 1.165) is 11.4 Å². The molecule has 0 unspecified atom stereocenters. The van der Waals surface area contributed by atoms with Gasteiger partial charge in [0.05, 0.1) is 10.7 Å². The molecule has 9 heteroatoms. The van der Waals surface area contributed by atoms with Gasteiger partial charge in [-0.3, -0.25) is 9.59 Å². The molecule has 0 atom stereocenters. The van der Waals surface area contributed by atoms with E-state index in [1.807, 2.05) is 19.9 Å². The van der Waals surface area contributed by atoms with Crippen LogP contribution < -0.4 is 10.6 Å². The average molecular weight is 444 g/mol. The lowest BCUT2D eigenvalue weighted by molar-refractivity contribution is -0.120. The van der Waals surface area contributed by atoms with Crippen LogP contribution in [0, 0.1) is 25.6 Å². The number of nitrogens with zero attached hydrogens (tertiary/aromatic N) is 3. The first-order chi connectivity index (χ1) is 14.8. The minimum absolute atomic E-state index is 0.0217. The molecule has 31 heavy (non-hydrogen) atoms. The Hall–Kier alpha value is -3.00. The highest BCUT2D eigenvalue weighted by Crippen LogP contribution is 2.28. The lowest BCUT2D eigenvalue weighted by Gasteiger charge is -2.28. The Labute approximate surface area is 184 Å². The summed E-state index contributed by atoms with van der Waals surface area (Å²) in [5.41, 5.74) is 3.15. The molecule has 1 aliphatic rings. The lowest BCUT2D eigenvalue weighted by atomic mass is 9.85. The minimum Gasteiger partial charge on any atom is -0.348 e. The molecule has 1 aromatic carbocycles. The number of anilines is 1. The van der Waals surface area contributed by atoms with Crippen molar-refractivity contribution < 1.29 is 14.0 Å². The third-order valence-corrected chi connectivity index (χ3v) is 5.90. The Kier molecular flexibility index (Phi) is 5.91. The number of fused-ring (bicyclic) bond motifs is 1. The van der Waals surface area contributed by atoms with Crippen LogP contribution in [0.4, 0.5) is 10.1 Å². The van der Waals surface area contributed by atoms with Crippen molar-refractivity contribution in [3.05, 3.63) is 58.3 Å². The molecule has 7 nitrogen and oxygen atoms in total. The van der Waals surface area contributed by atoms with E-state index >= 15 is 0 Å². The molecule has 2 N–H and O–H groups in total. The number of amides is 2. The Morgan fingerprint density at radius 2 is 1.87 bits per heavy atom. The maximum absolute atomic E-state index is 13.2. The molecule has 0 aliphatic heterocycles. The first-order valence-corrected chi connectivity index (χ1v) is 10.6. The van der Waals surface area contributed by atoms with Gasteiger partial charge in [-0.2, -0.15) is 5.10 Å². The number of carbonyl (C=O) groups is 2. The van der Waals surface area contributed by atoms with Crippen LogP contribution in [0.5, 0.6) is 0 Å². The van der Waals surface area contributed by atoms with Crippen LogP contribution in [0.2, 0.25) is 5.02 Å². The van der Waals surface area contributed by atoms with Gasteiger partial charge in [-0.1, -0.05) is 11.6 Å². The number of aryl methyl sites for hydroxylation is 2. The summed E-state index contributed by atoms with van der Waals surface area (Å²) in [6.45, 7) is 3.82. The summed E-state index contributed by atoms with van der Waals surface area (Å²) in [5, 5.41) is 10.3. The molecule has 1 saturated carbocycles. The number of hydrogen-bond acceptors (Lipinski definition) is 4. The number of rotatable bonds is 4. The van der Waals surface area contributed by atoms with Gasteiger partial charge in [0.25, 0.3) is 5.91 Å². The monoisotopic (exact) mass is 443 g/mol. The van der Waals surface area contributed by atoms with Crippen LogP contribution in [0.15, 0.2) is 30.3 Å². The third kappa shape index (κ3) is 4.69. The first-order valence-electron chi connectivity index (χ1n) is 10.2. The predicted octanol–water partition coefficient (Wildman–Crippen LogP) is 4.07. The summed E-state index contributed by atoms with van der Waals surface area (Å²) in [6.07, 6.45) is 2.65. The topological polar surface area (TPSA) is 88.4 Å². The van der Waals surface area contributed by atoms with Crippen molar-refractivity contribution in [3.63, 3.8) is 0 Å². The molecular weight excluding hydrogens is 421 g/mol. The van der Waals surface area contributed by atoms with Crippen molar-refractivity contribution in [2.45, 2.75) is 45.6 Å². The third-order valence-electron chi connectivity index (χ3n) is 5.59. The van der Waals surface area contributed by atoms with Gasteiger partial charge in [-0.05, 0) is 63.8 Å². The van der Waals surface area contributed by atoms with E-state index in [2.05, 4.69) is 20.7 Å². The molecule has 2 aromatic heterocycles. The summed E-state index contributed by atoms with van der Waals surface area (Å²) in [7, 11) is 0. The Morgan fingerprint density at radius 1 is 1.13 bits per heavy atom. The second-order valence-electron chi connectivity index (χ2n) is 7.97. The summed E-state index contributed by atoms with van der Waals surface area (Å²) in [6, 6.07) is 7.45. The summed E-state index contributed by atoms with van der Waals surface area (Å²) >= 11 is 5.98. The van der Waals surface area contributed by atoms with Gasteiger partial charge < -0.3 is 10.6 Å². The molecule has 1 aliphatic carbocycles. The van der Waals surface area contributed by atoms with E-state index in [4.69, 9.17) is 11.6 Å². The second kappa shape index (κ2) is 8.63. The molecule has 4 rings (SSSR count). The smallest absolute Gasteiger partial charge is 0.272 e. The Morgan fingerprint density at radius 3 is 2.58 bits per heavy atom. The van der Waals surface area contributed by atoms with Crippen molar-refractivity contribution >= 4 is 34.7 Å². The van der Waals surface area contributed by atoms with Gasteiger partial charge in [0.15, 0.2) is 11.3 Å². The van der Waals surface area contributed by atoms with Crippen LogP contribution in [0.1, 0.15) is 47.6 Å². The van der Waals surface area contributed by atoms with Crippen LogP contribution >= 0.6 is 11.6 Å².